The van der Waals surface area contributed by atoms with Gasteiger partial charge >= 0.3 is 0 Å². The number of hydrogen-bond donors (Lipinski definition) is 2. The lowest BCUT2D eigenvalue weighted by molar-refractivity contribution is -0.147. The lowest BCUT2D eigenvalue weighted by Crippen LogP contribution is -2.48. The van der Waals surface area contributed by atoms with Crippen molar-refractivity contribution in [2.45, 2.75) is 52.3 Å². The number of nitrogens with one attached hydrogen (secondary N) is 1. The van der Waals surface area contributed by atoms with Gasteiger partial charge in [-0.2, -0.15) is 5.10 Å². The van der Waals surface area contributed by atoms with Crippen LogP contribution in [0.1, 0.15) is 39.2 Å². The molecular formula is C19H24ClN7O3. The van der Waals surface area contributed by atoms with Gasteiger partial charge in [0.1, 0.15) is 18.5 Å². The van der Waals surface area contributed by atoms with Crippen molar-refractivity contribution < 1.29 is 14.7 Å². The third kappa shape index (κ3) is 5.19. The fraction of sp³-hybridized carbons (Fsp3) is 0.474. The van der Waals surface area contributed by atoms with Gasteiger partial charge in [0.2, 0.25) is 5.91 Å². The summed E-state index contributed by atoms with van der Waals surface area (Å²) in [6, 6.07) is 4.34. The molecule has 10 nitrogen and oxygen atoms in total. The van der Waals surface area contributed by atoms with Crippen LogP contribution >= 0.6 is 11.6 Å². The zero-order valence-electron chi connectivity index (χ0n) is 17.0. The number of benzene rings is 1. The predicted octanol–water partition coefficient (Wildman–Crippen LogP) is 1.32. The van der Waals surface area contributed by atoms with Crippen LogP contribution in [0, 0.1) is 5.41 Å². The summed E-state index contributed by atoms with van der Waals surface area (Å²) in [7, 11) is 0. The summed E-state index contributed by atoms with van der Waals surface area (Å²) in [5.41, 5.74) is 1.13. The highest BCUT2D eigenvalue weighted by Gasteiger charge is 2.36. The van der Waals surface area contributed by atoms with Gasteiger partial charge in [0.05, 0.1) is 5.69 Å². The molecule has 0 saturated carbocycles. The van der Waals surface area contributed by atoms with Gasteiger partial charge in [-0.1, -0.05) is 32.4 Å². The third-order valence-corrected chi connectivity index (χ3v) is 4.77. The number of hydrogen-bond acceptors (Lipinski definition) is 7. The van der Waals surface area contributed by atoms with E-state index in [2.05, 4.69) is 25.9 Å². The van der Waals surface area contributed by atoms with Crippen LogP contribution in [0.2, 0.25) is 5.02 Å². The van der Waals surface area contributed by atoms with Crippen LogP contribution in [0.3, 0.4) is 0 Å². The SMILES string of the molecule is CC(C)(C)C[C@@H](O)C(=O)N1N=CC[C@H]1C(=O)NCc1cc(Cl)ccc1-n1cnnn1. The quantitative estimate of drug-likeness (QED) is 0.707. The molecule has 1 aliphatic heterocycles. The number of halogens is 1. The first-order valence-corrected chi connectivity index (χ1v) is 9.86. The number of aliphatic hydroxyl groups excluding tert-OH is 1. The van der Waals surface area contributed by atoms with E-state index in [1.54, 1.807) is 18.2 Å². The maximum atomic E-state index is 12.8. The number of tetrazole rings is 1. The minimum atomic E-state index is -1.23. The first-order valence-electron chi connectivity index (χ1n) is 9.49. The number of carbonyl (C=O) groups excluding carboxylic acids is 2. The summed E-state index contributed by atoms with van der Waals surface area (Å²) in [4.78, 5) is 25.4. The Bertz CT molecular complexity index is 940. The zero-order valence-corrected chi connectivity index (χ0v) is 17.7. The summed E-state index contributed by atoms with van der Waals surface area (Å²) in [6.45, 7) is 5.92. The highest BCUT2D eigenvalue weighted by atomic mass is 35.5. The number of amides is 2. The summed E-state index contributed by atoms with van der Waals surface area (Å²) >= 11 is 6.10. The van der Waals surface area contributed by atoms with Gasteiger partial charge in [-0.3, -0.25) is 9.59 Å². The van der Waals surface area contributed by atoms with Gasteiger partial charge in [0.25, 0.3) is 5.91 Å². The van der Waals surface area contributed by atoms with Crippen molar-refractivity contribution in [1.82, 2.24) is 30.5 Å². The van der Waals surface area contributed by atoms with Gasteiger partial charge in [-0.15, -0.1) is 5.10 Å². The van der Waals surface area contributed by atoms with E-state index in [1.807, 2.05) is 20.8 Å². The zero-order chi connectivity index (χ0) is 21.9. The van der Waals surface area contributed by atoms with E-state index in [0.29, 0.717) is 16.3 Å². The van der Waals surface area contributed by atoms with Gasteiger partial charge in [0.15, 0.2) is 0 Å². The normalized spacial score (nSPS) is 17.2. The van der Waals surface area contributed by atoms with Crippen LogP contribution < -0.4 is 5.32 Å². The molecule has 30 heavy (non-hydrogen) atoms. The van der Waals surface area contributed by atoms with Gasteiger partial charge < -0.3 is 10.4 Å². The molecule has 2 aromatic rings. The fourth-order valence-corrected chi connectivity index (χ4v) is 3.35. The van der Waals surface area contributed by atoms with E-state index in [4.69, 9.17) is 11.6 Å². The molecule has 160 valence electrons. The Balaban J connectivity index is 1.68. The number of rotatable bonds is 6. The molecule has 2 amide bonds. The number of aromatic nitrogens is 4. The van der Waals surface area contributed by atoms with E-state index < -0.39 is 18.1 Å². The monoisotopic (exact) mass is 433 g/mol. The molecule has 0 radical (unpaired) electrons. The summed E-state index contributed by atoms with van der Waals surface area (Å²) in [5, 5.41) is 29.7. The predicted molar refractivity (Wildman–Crippen MR) is 110 cm³/mol. The molecule has 1 aromatic heterocycles. The van der Waals surface area contributed by atoms with Crippen LogP contribution in [0.25, 0.3) is 5.69 Å². The van der Waals surface area contributed by atoms with Crippen LogP contribution in [-0.4, -0.2) is 60.5 Å². The molecule has 1 aromatic carbocycles. The molecule has 0 bridgehead atoms. The topological polar surface area (TPSA) is 126 Å². The van der Waals surface area contributed by atoms with Crippen LogP contribution in [0.4, 0.5) is 0 Å². The third-order valence-electron chi connectivity index (χ3n) is 4.54. The largest absolute Gasteiger partial charge is 0.383 e. The average molecular weight is 434 g/mol. The van der Waals surface area contributed by atoms with E-state index >= 15 is 0 Å². The molecule has 2 atom stereocenters. The van der Waals surface area contributed by atoms with Crippen molar-refractivity contribution in [3.8, 4) is 5.69 Å². The minimum absolute atomic E-state index is 0.150. The van der Waals surface area contributed by atoms with Gasteiger partial charge in [-0.25, -0.2) is 9.69 Å². The van der Waals surface area contributed by atoms with Gasteiger partial charge in [-0.05, 0) is 46.0 Å². The summed E-state index contributed by atoms with van der Waals surface area (Å²) in [5.74, 6) is -0.970. The fourth-order valence-electron chi connectivity index (χ4n) is 3.15. The molecule has 2 heterocycles. The molecule has 1 aliphatic rings. The van der Waals surface area contributed by atoms with Crippen molar-refractivity contribution >= 4 is 29.6 Å². The Morgan fingerprint density at radius 3 is 2.80 bits per heavy atom. The average Bonchev–Trinajstić information content (AvgIpc) is 3.36. The maximum absolute atomic E-state index is 12.8. The molecule has 2 N–H and O–H groups in total. The lowest BCUT2D eigenvalue weighted by atomic mass is 9.89. The van der Waals surface area contributed by atoms with Crippen molar-refractivity contribution in [2.24, 2.45) is 10.5 Å². The second-order valence-electron chi connectivity index (χ2n) is 8.26. The number of hydrazone groups is 1. The van der Waals surface area contributed by atoms with Crippen molar-refractivity contribution in [1.29, 1.82) is 0 Å². The molecular weight excluding hydrogens is 410 g/mol. The van der Waals surface area contributed by atoms with Crippen LogP contribution in [-0.2, 0) is 16.1 Å². The first kappa shape index (κ1) is 21.8. The molecule has 0 fully saturated rings. The summed E-state index contributed by atoms with van der Waals surface area (Å²) in [6.07, 6.45) is 2.25. The summed E-state index contributed by atoms with van der Waals surface area (Å²) < 4.78 is 1.47. The molecule has 0 aliphatic carbocycles. The molecule has 0 unspecified atom stereocenters. The molecule has 3 rings (SSSR count). The highest BCUT2D eigenvalue weighted by Crippen LogP contribution is 2.24. The molecule has 0 spiro atoms. The van der Waals surface area contributed by atoms with Crippen molar-refractivity contribution in [3.05, 3.63) is 35.1 Å². The van der Waals surface area contributed by atoms with Crippen LogP contribution in [0.5, 0.6) is 0 Å². The first-order chi connectivity index (χ1) is 14.2. The maximum Gasteiger partial charge on any atom is 0.272 e. The number of aliphatic hydroxyl groups is 1. The van der Waals surface area contributed by atoms with Gasteiger partial charge in [0, 0.05) is 24.2 Å². The van der Waals surface area contributed by atoms with E-state index in [0.717, 1.165) is 5.01 Å². The standard InChI is InChI=1S/C19H24ClN7O3/c1-19(2,3)9-16(28)18(30)27-15(6-7-23-27)17(29)21-10-12-8-13(20)4-5-14(12)26-11-22-24-25-26/h4-5,7-8,11,15-16,28H,6,9-10H2,1-3H3,(H,21,29)/t15-,16+/m0/s1. The highest BCUT2D eigenvalue weighted by molar-refractivity contribution is 6.30. The second kappa shape index (κ2) is 8.88. The van der Waals surface area contributed by atoms with Crippen molar-refractivity contribution in [2.75, 3.05) is 0 Å². The molecule has 11 heteroatoms. The Morgan fingerprint density at radius 2 is 2.13 bits per heavy atom. The van der Waals surface area contributed by atoms with E-state index in [1.165, 1.54) is 17.2 Å². The number of carbonyl (C=O) groups is 2. The Kier molecular flexibility index (Phi) is 6.47. The van der Waals surface area contributed by atoms with E-state index in [-0.39, 0.29) is 30.7 Å². The Labute approximate surface area is 178 Å². The molecule has 0 saturated heterocycles. The smallest absolute Gasteiger partial charge is 0.272 e. The lowest BCUT2D eigenvalue weighted by Gasteiger charge is -2.27. The number of nitrogens with zero attached hydrogens (tertiary/aromatic N) is 6. The minimum Gasteiger partial charge on any atom is -0.383 e. The Morgan fingerprint density at radius 1 is 1.37 bits per heavy atom. The second-order valence-corrected chi connectivity index (χ2v) is 8.69. The Hall–Kier alpha value is -2.85. The van der Waals surface area contributed by atoms with E-state index in [9.17, 15) is 14.7 Å². The van der Waals surface area contributed by atoms with Crippen LogP contribution in [0.15, 0.2) is 29.6 Å². The van der Waals surface area contributed by atoms with Crippen molar-refractivity contribution in [3.63, 3.8) is 0 Å².